The molecule has 1 unspecified atom stereocenters. The van der Waals surface area contributed by atoms with Crippen molar-refractivity contribution in [2.75, 3.05) is 14.2 Å². The minimum atomic E-state index is 0.519. The van der Waals surface area contributed by atoms with Crippen molar-refractivity contribution in [3.8, 4) is 11.5 Å². The lowest BCUT2D eigenvalue weighted by atomic mass is 9.87. The van der Waals surface area contributed by atoms with E-state index in [4.69, 9.17) is 9.47 Å². The number of rotatable bonds is 5. The SMILES string of the molecule is COc1ccc2c(c1OC)CCC(NCc1ccccc1)C2. The summed E-state index contributed by atoms with van der Waals surface area (Å²) in [7, 11) is 3.41. The predicted molar refractivity (Wildman–Crippen MR) is 88.6 cm³/mol. The quantitative estimate of drug-likeness (QED) is 0.918. The summed E-state index contributed by atoms with van der Waals surface area (Å²) < 4.78 is 10.9. The minimum Gasteiger partial charge on any atom is -0.493 e. The second kappa shape index (κ2) is 6.84. The molecule has 2 aromatic rings. The summed E-state index contributed by atoms with van der Waals surface area (Å²) in [5.74, 6) is 1.73. The van der Waals surface area contributed by atoms with Gasteiger partial charge in [0.1, 0.15) is 0 Å². The first-order valence-corrected chi connectivity index (χ1v) is 7.82. The molecule has 1 aliphatic rings. The number of hydrogen-bond acceptors (Lipinski definition) is 3. The first kappa shape index (κ1) is 14.9. The van der Waals surface area contributed by atoms with Crippen molar-refractivity contribution in [3.63, 3.8) is 0 Å². The second-order valence-corrected chi connectivity index (χ2v) is 5.74. The molecule has 116 valence electrons. The van der Waals surface area contributed by atoms with Crippen LogP contribution in [0.25, 0.3) is 0 Å². The van der Waals surface area contributed by atoms with Crippen molar-refractivity contribution < 1.29 is 9.47 Å². The van der Waals surface area contributed by atoms with Gasteiger partial charge in [0.05, 0.1) is 14.2 Å². The van der Waals surface area contributed by atoms with Gasteiger partial charge in [-0.3, -0.25) is 0 Å². The molecule has 1 aliphatic carbocycles. The average Bonchev–Trinajstić information content (AvgIpc) is 2.59. The summed E-state index contributed by atoms with van der Waals surface area (Å²) in [6.45, 7) is 0.925. The fraction of sp³-hybridized carbons (Fsp3) is 0.368. The van der Waals surface area contributed by atoms with Gasteiger partial charge in [-0.1, -0.05) is 36.4 Å². The van der Waals surface area contributed by atoms with E-state index in [9.17, 15) is 0 Å². The second-order valence-electron chi connectivity index (χ2n) is 5.74. The third kappa shape index (κ3) is 3.09. The van der Waals surface area contributed by atoms with Gasteiger partial charge in [0, 0.05) is 18.2 Å². The summed E-state index contributed by atoms with van der Waals surface area (Å²) in [6, 6.07) is 15.3. The Morgan fingerprint density at radius 1 is 1.05 bits per heavy atom. The van der Waals surface area contributed by atoms with E-state index in [2.05, 4.69) is 41.7 Å². The molecule has 22 heavy (non-hydrogen) atoms. The van der Waals surface area contributed by atoms with Crippen molar-refractivity contribution in [1.82, 2.24) is 5.32 Å². The molecule has 0 bridgehead atoms. The van der Waals surface area contributed by atoms with Crippen LogP contribution in [0.1, 0.15) is 23.1 Å². The van der Waals surface area contributed by atoms with Gasteiger partial charge in [0.2, 0.25) is 0 Å². The highest BCUT2D eigenvalue weighted by molar-refractivity contribution is 5.52. The molecule has 1 atom stereocenters. The lowest BCUT2D eigenvalue weighted by molar-refractivity contribution is 0.346. The monoisotopic (exact) mass is 297 g/mol. The molecule has 0 aliphatic heterocycles. The highest BCUT2D eigenvalue weighted by Crippen LogP contribution is 2.37. The van der Waals surface area contributed by atoms with Gasteiger partial charge in [-0.15, -0.1) is 0 Å². The van der Waals surface area contributed by atoms with E-state index < -0.39 is 0 Å². The Morgan fingerprint density at radius 2 is 1.86 bits per heavy atom. The van der Waals surface area contributed by atoms with Crippen LogP contribution in [-0.4, -0.2) is 20.3 Å². The van der Waals surface area contributed by atoms with E-state index in [1.54, 1.807) is 14.2 Å². The molecule has 3 heteroatoms. The van der Waals surface area contributed by atoms with Crippen molar-refractivity contribution >= 4 is 0 Å². The summed E-state index contributed by atoms with van der Waals surface area (Å²) in [5, 5.41) is 3.67. The number of ether oxygens (including phenoxy) is 2. The average molecular weight is 297 g/mol. The third-order valence-corrected chi connectivity index (χ3v) is 4.39. The molecule has 0 amide bonds. The van der Waals surface area contributed by atoms with Crippen molar-refractivity contribution in [3.05, 3.63) is 59.2 Å². The van der Waals surface area contributed by atoms with Gasteiger partial charge >= 0.3 is 0 Å². The van der Waals surface area contributed by atoms with Crippen LogP contribution in [0.5, 0.6) is 11.5 Å². The van der Waals surface area contributed by atoms with E-state index in [1.165, 1.54) is 16.7 Å². The van der Waals surface area contributed by atoms with Crippen LogP contribution in [0.2, 0.25) is 0 Å². The normalized spacial score (nSPS) is 16.9. The Hall–Kier alpha value is -2.00. The van der Waals surface area contributed by atoms with E-state index >= 15 is 0 Å². The number of fused-ring (bicyclic) bond motifs is 1. The Morgan fingerprint density at radius 3 is 2.59 bits per heavy atom. The fourth-order valence-corrected chi connectivity index (χ4v) is 3.22. The molecule has 0 saturated carbocycles. The molecule has 3 nitrogen and oxygen atoms in total. The zero-order valence-corrected chi connectivity index (χ0v) is 13.3. The summed E-state index contributed by atoms with van der Waals surface area (Å²) >= 11 is 0. The van der Waals surface area contributed by atoms with E-state index in [1.807, 2.05) is 6.07 Å². The molecule has 0 spiro atoms. The van der Waals surface area contributed by atoms with Crippen LogP contribution in [0.15, 0.2) is 42.5 Å². The lowest BCUT2D eigenvalue weighted by Crippen LogP contribution is -2.34. The molecular formula is C19H23NO2. The maximum atomic E-state index is 5.55. The zero-order valence-electron chi connectivity index (χ0n) is 13.3. The smallest absolute Gasteiger partial charge is 0.164 e. The Bertz CT molecular complexity index is 625. The van der Waals surface area contributed by atoms with Crippen molar-refractivity contribution in [2.24, 2.45) is 0 Å². The molecule has 1 N–H and O–H groups in total. The number of nitrogens with one attached hydrogen (secondary N) is 1. The molecule has 0 saturated heterocycles. The highest BCUT2D eigenvalue weighted by atomic mass is 16.5. The third-order valence-electron chi connectivity index (χ3n) is 4.39. The number of benzene rings is 2. The van der Waals surface area contributed by atoms with E-state index in [0.717, 1.165) is 37.3 Å². The van der Waals surface area contributed by atoms with Crippen LogP contribution in [0.3, 0.4) is 0 Å². The van der Waals surface area contributed by atoms with Gasteiger partial charge in [-0.25, -0.2) is 0 Å². The minimum absolute atomic E-state index is 0.519. The molecule has 2 aromatic carbocycles. The summed E-state index contributed by atoms with van der Waals surface area (Å²) in [4.78, 5) is 0. The fourth-order valence-electron chi connectivity index (χ4n) is 3.22. The Labute approximate surface area is 132 Å². The first-order valence-electron chi connectivity index (χ1n) is 7.82. The van der Waals surface area contributed by atoms with Crippen LogP contribution in [-0.2, 0) is 19.4 Å². The highest BCUT2D eigenvalue weighted by Gasteiger charge is 2.23. The number of hydrogen-bond donors (Lipinski definition) is 1. The molecule has 0 heterocycles. The lowest BCUT2D eigenvalue weighted by Gasteiger charge is -2.27. The van der Waals surface area contributed by atoms with Gasteiger partial charge in [0.15, 0.2) is 11.5 Å². The maximum absolute atomic E-state index is 5.55. The standard InChI is InChI=1S/C19H23NO2/c1-21-18-11-8-15-12-16(9-10-17(15)19(18)22-2)20-13-14-6-4-3-5-7-14/h3-8,11,16,20H,9-10,12-13H2,1-2H3. The maximum Gasteiger partial charge on any atom is 0.164 e. The van der Waals surface area contributed by atoms with Gasteiger partial charge in [0.25, 0.3) is 0 Å². The predicted octanol–water partition coefficient (Wildman–Crippen LogP) is 3.35. The van der Waals surface area contributed by atoms with Gasteiger partial charge in [-0.2, -0.15) is 0 Å². The van der Waals surface area contributed by atoms with Crippen LogP contribution in [0.4, 0.5) is 0 Å². The Balaban J connectivity index is 1.69. The largest absolute Gasteiger partial charge is 0.493 e. The summed E-state index contributed by atoms with van der Waals surface area (Å²) in [5.41, 5.74) is 4.01. The van der Waals surface area contributed by atoms with Gasteiger partial charge in [-0.05, 0) is 36.5 Å². The molecule has 3 rings (SSSR count). The topological polar surface area (TPSA) is 30.5 Å². The van der Waals surface area contributed by atoms with E-state index in [0.29, 0.717) is 6.04 Å². The van der Waals surface area contributed by atoms with Gasteiger partial charge < -0.3 is 14.8 Å². The summed E-state index contributed by atoms with van der Waals surface area (Å²) in [6.07, 6.45) is 3.20. The first-order chi connectivity index (χ1) is 10.8. The van der Waals surface area contributed by atoms with Crippen LogP contribution in [0, 0.1) is 0 Å². The molecule has 0 radical (unpaired) electrons. The van der Waals surface area contributed by atoms with E-state index in [-0.39, 0.29) is 0 Å². The van der Waals surface area contributed by atoms with Crippen LogP contribution < -0.4 is 14.8 Å². The van der Waals surface area contributed by atoms with Crippen molar-refractivity contribution in [2.45, 2.75) is 31.8 Å². The molecular weight excluding hydrogens is 274 g/mol. The van der Waals surface area contributed by atoms with Crippen LogP contribution >= 0.6 is 0 Å². The number of methoxy groups -OCH3 is 2. The van der Waals surface area contributed by atoms with Crippen molar-refractivity contribution in [1.29, 1.82) is 0 Å². The molecule has 0 aromatic heterocycles. The Kier molecular flexibility index (Phi) is 4.64. The zero-order chi connectivity index (χ0) is 15.4. The molecule has 0 fully saturated rings.